The van der Waals surface area contributed by atoms with Gasteiger partial charge in [-0.1, -0.05) is 72.2 Å². The van der Waals surface area contributed by atoms with Crippen LogP contribution in [0.4, 0.5) is 21.8 Å². The predicted molar refractivity (Wildman–Crippen MR) is 313 cm³/mol. The zero-order chi connectivity index (χ0) is 59.9. The van der Waals surface area contributed by atoms with E-state index < -0.39 is 51.1 Å². The van der Waals surface area contributed by atoms with Crippen LogP contribution in [0.15, 0.2) is 41.1 Å². The number of pyridine rings is 1. The van der Waals surface area contributed by atoms with E-state index in [1.165, 1.54) is 64.3 Å². The van der Waals surface area contributed by atoms with Crippen molar-refractivity contribution in [2.24, 2.45) is 5.92 Å². The minimum atomic E-state index is -3.55. The van der Waals surface area contributed by atoms with Crippen LogP contribution in [0, 0.1) is 12.8 Å². The Morgan fingerprint density at radius 1 is 0.628 bits per heavy atom. The van der Waals surface area contributed by atoms with Crippen molar-refractivity contribution < 1.29 is 76.4 Å². The Labute approximate surface area is 479 Å². The van der Waals surface area contributed by atoms with Gasteiger partial charge in [0, 0.05) is 34.7 Å². The van der Waals surface area contributed by atoms with E-state index in [0.717, 1.165) is 75.9 Å². The van der Waals surface area contributed by atoms with Crippen molar-refractivity contribution in [3.8, 4) is 0 Å². The molecule has 4 rings (SSSR count). The molecule has 0 unspecified atom stereocenters. The molecule has 3 N–H and O–H groups in total. The van der Waals surface area contributed by atoms with Gasteiger partial charge in [0.15, 0.2) is 48.7 Å². The van der Waals surface area contributed by atoms with Crippen molar-refractivity contribution >= 4 is 175 Å². The average Bonchev–Trinajstić information content (AvgIpc) is 4.11. The maximum atomic E-state index is 11.8. The zero-order valence-corrected chi connectivity index (χ0v) is 52.5. The summed E-state index contributed by atoms with van der Waals surface area (Å²) < 4.78 is 106. The molecule has 0 aromatic carbocycles. The first-order valence-electron chi connectivity index (χ1n) is 22.6. The second-order valence-corrected chi connectivity index (χ2v) is 31.2. The monoisotopic (exact) mass is 1280 g/mol. The second kappa shape index (κ2) is 33.3. The Morgan fingerprint density at radius 2 is 1.15 bits per heavy atom. The number of nitrogens with one attached hydrogen (secondary N) is 3. The van der Waals surface area contributed by atoms with E-state index in [9.17, 15) is 72.0 Å². The maximum Gasteiger partial charge on any atom is 0.309 e. The highest BCUT2D eigenvalue weighted by Crippen LogP contribution is 2.29. The molecular formula is C44H61N7O17S10. The summed E-state index contributed by atoms with van der Waals surface area (Å²) in [4.78, 5) is 102. The number of Topliss-reactive ketones (excluding diaryl/α,β-unsaturated/α-hetero) is 4. The molecule has 0 aliphatic carbocycles. The summed E-state index contributed by atoms with van der Waals surface area (Å²) in [6.07, 6.45) is 2.42. The number of aryl methyl sites for hydroxylation is 1. The van der Waals surface area contributed by atoms with Crippen LogP contribution in [0.1, 0.15) is 115 Å². The number of thioether (sulfide) groups is 4. The van der Waals surface area contributed by atoms with Crippen molar-refractivity contribution in [1.29, 1.82) is 0 Å². The van der Waals surface area contributed by atoms with E-state index in [4.69, 9.17) is 4.42 Å². The van der Waals surface area contributed by atoms with Gasteiger partial charge in [0.05, 0.1) is 79.0 Å². The van der Waals surface area contributed by atoms with Gasteiger partial charge in [0.1, 0.15) is 10.7 Å². The molecule has 24 nitrogen and oxygen atoms in total. The number of aromatic nitrogens is 3. The summed E-state index contributed by atoms with van der Waals surface area (Å²) in [6, 6.07) is 5.84. The number of hydrogen-bond donors (Lipinski definition) is 3. The maximum absolute atomic E-state index is 11.8. The number of thiophene rings is 1. The Bertz CT molecular complexity index is 3210. The van der Waals surface area contributed by atoms with Gasteiger partial charge in [-0.3, -0.25) is 57.1 Å². The standard InChI is InChI=1S/C12H16N2O4S2.C11H16N2O5S2.C11H15NO4S3.C10H14N2O4S3/c1-8(2)20(17,18)14-10-4-5-11(13-6-10)12(16)7-19-9(3)15;1-7(2)6-20(16,17)13-11-12-4-10(18-11)9(15)5-19-8(3)14;1-4-19(15,16)12(3)11-6-5-10(18-11)9(14)7-17-8(2)13;1-4-19(15,16)12-10-11-6(2)9(18-10)8(14)5-17-7(3)13/h4-6,8,14H,7H2,1-3H3;4,7H,5-6H2,1-3H3,(H,12,13);5-6H,4,7H2,1-3H3;4-5H2,1-3H3,(H,11,12). The molecule has 4 aromatic heterocycles. The Morgan fingerprint density at radius 3 is 1.63 bits per heavy atom. The van der Waals surface area contributed by atoms with Gasteiger partial charge in [0.25, 0.3) is 0 Å². The number of nitrogens with zero attached hydrogens (tertiary/aromatic N) is 4. The summed E-state index contributed by atoms with van der Waals surface area (Å²) in [6.45, 7) is 16.9. The van der Waals surface area contributed by atoms with E-state index in [0.29, 0.717) is 26.1 Å². The first-order valence-corrected chi connectivity index (χ1v) is 34.6. The molecule has 34 heteroatoms. The predicted octanol–water partition coefficient (Wildman–Crippen LogP) is 6.90. The van der Waals surface area contributed by atoms with Crippen molar-refractivity contribution in [3.63, 3.8) is 0 Å². The molecule has 0 radical (unpaired) electrons. The lowest BCUT2D eigenvalue weighted by atomic mass is 10.2. The van der Waals surface area contributed by atoms with Crippen LogP contribution in [-0.4, -0.2) is 145 Å². The molecule has 0 saturated heterocycles. The van der Waals surface area contributed by atoms with Crippen molar-refractivity contribution in [2.75, 3.05) is 65.8 Å². The van der Waals surface area contributed by atoms with E-state index >= 15 is 0 Å². The van der Waals surface area contributed by atoms with Crippen LogP contribution in [-0.2, 0) is 59.3 Å². The third-order valence-electron chi connectivity index (χ3n) is 8.76. The number of sulfonamides is 4. The van der Waals surface area contributed by atoms with E-state index in [-0.39, 0.29) is 107 Å². The van der Waals surface area contributed by atoms with Gasteiger partial charge in [0.2, 0.25) is 45.9 Å². The van der Waals surface area contributed by atoms with E-state index in [1.54, 1.807) is 53.7 Å². The minimum absolute atomic E-state index is 0.00483. The topological polar surface area (TPSA) is 364 Å². The molecule has 0 bridgehead atoms. The van der Waals surface area contributed by atoms with Crippen molar-refractivity contribution in [1.82, 2.24) is 15.0 Å². The van der Waals surface area contributed by atoms with Crippen LogP contribution in [0.25, 0.3) is 0 Å². The number of ketones is 4. The molecule has 0 fully saturated rings. The number of thiazole rings is 1. The molecule has 0 atom stereocenters. The molecular weight excluding hydrogens is 1220 g/mol. The summed E-state index contributed by atoms with van der Waals surface area (Å²) >= 11 is 5.73. The SMILES string of the molecule is CC(=O)SCC(=O)c1ccc(NS(=O)(=O)C(C)C)cn1.CC(=O)SCC(=O)c1cnc(NS(=O)(=O)CC(C)C)o1.CCS(=O)(=O)N(C)c1ccc(C(=O)CSC(C)=O)s1.CCS(=O)(=O)Nc1nc(C)c(C(=O)CSC(C)=O)s1. The second-order valence-electron chi connectivity index (χ2n) is 16.2. The quantitative estimate of drug-likeness (QED) is 0.0568. The lowest BCUT2D eigenvalue weighted by Gasteiger charge is -2.15. The summed E-state index contributed by atoms with van der Waals surface area (Å²) in [5.74, 6) is -1.26. The van der Waals surface area contributed by atoms with Gasteiger partial charge in [-0.25, -0.2) is 48.4 Å². The number of rotatable bonds is 25. The highest BCUT2D eigenvalue weighted by Gasteiger charge is 2.22. The number of carbonyl (C=O) groups is 8. The number of oxazole rings is 1. The Kier molecular flexibility index (Phi) is 30.5. The molecule has 0 spiro atoms. The van der Waals surface area contributed by atoms with Crippen LogP contribution in [0.5, 0.6) is 0 Å². The van der Waals surface area contributed by atoms with Crippen LogP contribution in [0.3, 0.4) is 0 Å². The van der Waals surface area contributed by atoms with Gasteiger partial charge in [-0.05, 0) is 64.8 Å². The van der Waals surface area contributed by atoms with Gasteiger partial charge < -0.3 is 4.42 Å². The fourth-order valence-corrected chi connectivity index (χ4v) is 12.7. The highest BCUT2D eigenvalue weighted by molar-refractivity contribution is 8.15. The fraction of sp³-hybridized carbons (Fsp3) is 0.477. The normalized spacial score (nSPS) is 11.4. The molecule has 0 aliphatic heterocycles. The van der Waals surface area contributed by atoms with Gasteiger partial charge in [-0.2, -0.15) is 0 Å². The average molecular weight is 1280 g/mol. The van der Waals surface area contributed by atoms with Crippen LogP contribution >= 0.6 is 69.7 Å². The van der Waals surface area contributed by atoms with Crippen LogP contribution < -0.4 is 18.5 Å². The molecule has 0 aliphatic rings. The minimum Gasteiger partial charge on any atom is -0.420 e. The Hall–Kier alpha value is -4.55. The third-order valence-corrected chi connectivity index (χ3v) is 21.0. The molecule has 0 amide bonds. The lowest BCUT2D eigenvalue weighted by molar-refractivity contribution is -0.109. The zero-order valence-electron chi connectivity index (χ0n) is 44.4. The summed E-state index contributed by atoms with van der Waals surface area (Å²) in [5.41, 5.74) is 0.966. The third kappa shape index (κ3) is 27.6. The van der Waals surface area contributed by atoms with Crippen LogP contribution in [0.2, 0.25) is 0 Å². The van der Waals surface area contributed by atoms with E-state index in [2.05, 4.69) is 29.1 Å². The first-order chi connectivity index (χ1) is 35.9. The largest absolute Gasteiger partial charge is 0.420 e. The first kappa shape index (κ1) is 71.5. The van der Waals surface area contributed by atoms with Crippen molar-refractivity contribution in [2.45, 2.75) is 81.4 Å². The molecule has 4 aromatic rings. The number of carbonyl (C=O) groups excluding carboxylic acids is 8. The molecule has 434 valence electrons. The van der Waals surface area contributed by atoms with E-state index in [1.807, 2.05) is 0 Å². The molecule has 0 saturated carbocycles. The number of anilines is 4. The lowest BCUT2D eigenvalue weighted by Crippen LogP contribution is -2.27. The van der Waals surface area contributed by atoms with Gasteiger partial charge in [-0.15, -0.1) is 11.3 Å². The molecule has 4 heterocycles. The Balaban J connectivity index is 0.000000520. The molecule has 78 heavy (non-hydrogen) atoms. The van der Waals surface area contributed by atoms with Crippen molar-refractivity contribution in [3.05, 3.63) is 63.6 Å². The summed E-state index contributed by atoms with van der Waals surface area (Å²) in [7, 11) is -12.2. The highest BCUT2D eigenvalue weighted by atomic mass is 32.2. The summed E-state index contributed by atoms with van der Waals surface area (Å²) in [5, 5.41) is -0.460. The fourth-order valence-electron chi connectivity index (χ4n) is 4.80. The smallest absolute Gasteiger partial charge is 0.309 e. The number of hydrogen-bond acceptors (Lipinski definition) is 26. The van der Waals surface area contributed by atoms with Gasteiger partial charge >= 0.3 is 6.01 Å².